The summed E-state index contributed by atoms with van der Waals surface area (Å²) in [5.41, 5.74) is 1.38. The number of carbonyl (C=O) groups excluding carboxylic acids is 1. The van der Waals surface area contributed by atoms with Gasteiger partial charge in [0.15, 0.2) is 0 Å². The minimum Gasteiger partial charge on any atom is -0.392 e. The molecule has 1 aromatic carbocycles. The maximum absolute atomic E-state index is 11.8. The predicted octanol–water partition coefficient (Wildman–Crippen LogP) is 2.07. The Morgan fingerprint density at radius 3 is 2.78 bits per heavy atom. The zero-order chi connectivity index (χ0) is 16.7. The van der Waals surface area contributed by atoms with Crippen molar-refractivity contribution in [1.82, 2.24) is 10.2 Å². The Labute approximate surface area is 139 Å². The number of likely N-dealkylation sites (tertiary alicyclic amines) is 1. The summed E-state index contributed by atoms with van der Waals surface area (Å²) in [6.45, 7) is 7.84. The van der Waals surface area contributed by atoms with E-state index in [1.54, 1.807) is 0 Å². The van der Waals surface area contributed by atoms with Crippen LogP contribution in [0, 0.1) is 11.8 Å². The van der Waals surface area contributed by atoms with Gasteiger partial charge in [0.05, 0.1) is 12.5 Å². The molecule has 128 valence electrons. The largest absolute Gasteiger partial charge is 0.392 e. The molecule has 0 spiro atoms. The number of carbonyl (C=O) groups is 1. The van der Waals surface area contributed by atoms with E-state index in [4.69, 9.17) is 0 Å². The Balaban J connectivity index is 1.62. The van der Waals surface area contributed by atoms with Crippen molar-refractivity contribution in [2.45, 2.75) is 39.2 Å². The van der Waals surface area contributed by atoms with Gasteiger partial charge in [0, 0.05) is 19.6 Å². The summed E-state index contributed by atoms with van der Waals surface area (Å²) < 4.78 is 0. The second-order valence-corrected chi connectivity index (χ2v) is 7.01. The lowest BCUT2D eigenvalue weighted by atomic mass is 10.0. The molecule has 0 saturated carbocycles. The number of amides is 1. The molecule has 2 rings (SSSR count). The number of nitrogens with one attached hydrogen (secondary N) is 1. The molecule has 1 aliphatic heterocycles. The first-order chi connectivity index (χ1) is 11.0. The van der Waals surface area contributed by atoms with Crippen molar-refractivity contribution in [3.8, 4) is 0 Å². The van der Waals surface area contributed by atoms with Gasteiger partial charge in [-0.05, 0) is 36.8 Å². The van der Waals surface area contributed by atoms with Crippen molar-refractivity contribution in [3.05, 3.63) is 35.9 Å². The third-order valence-electron chi connectivity index (χ3n) is 4.68. The zero-order valence-corrected chi connectivity index (χ0v) is 14.4. The highest BCUT2D eigenvalue weighted by atomic mass is 16.3. The Bertz CT molecular complexity index is 476. The number of aliphatic hydroxyl groups is 1. The molecule has 1 fully saturated rings. The van der Waals surface area contributed by atoms with Crippen LogP contribution in [-0.2, 0) is 11.2 Å². The van der Waals surface area contributed by atoms with Crippen LogP contribution < -0.4 is 5.32 Å². The van der Waals surface area contributed by atoms with Crippen molar-refractivity contribution >= 4 is 5.91 Å². The average molecular weight is 318 g/mol. The first-order valence-corrected chi connectivity index (χ1v) is 8.75. The minimum absolute atomic E-state index is 0.0334. The number of hydrogen-bond acceptors (Lipinski definition) is 3. The summed E-state index contributed by atoms with van der Waals surface area (Å²) in [6, 6.07) is 10.6. The van der Waals surface area contributed by atoms with Crippen LogP contribution in [0.2, 0.25) is 0 Å². The highest BCUT2D eigenvalue weighted by molar-refractivity contribution is 5.76. The molecule has 1 saturated heterocycles. The first-order valence-electron chi connectivity index (χ1n) is 8.75. The zero-order valence-electron chi connectivity index (χ0n) is 14.4. The molecule has 2 atom stereocenters. The van der Waals surface area contributed by atoms with E-state index in [0.717, 1.165) is 39.0 Å². The van der Waals surface area contributed by atoms with E-state index in [-0.39, 0.29) is 18.2 Å². The van der Waals surface area contributed by atoms with Crippen LogP contribution in [0.5, 0.6) is 0 Å². The van der Waals surface area contributed by atoms with Crippen molar-refractivity contribution in [3.63, 3.8) is 0 Å². The highest BCUT2D eigenvalue weighted by Crippen LogP contribution is 2.16. The van der Waals surface area contributed by atoms with Crippen LogP contribution in [0.1, 0.15) is 32.3 Å². The van der Waals surface area contributed by atoms with Gasteiger partial charge >= 0.3 is 0 Å². The third-order valence-corrected chi connectivity index (χ3v) is 4.68. The van der Waals surface area contributed by atoms with Gasteiger partial charge in [-0.1, -0.05) is 44.2 Å². The van der Waals surface area contributed by atoms with Gasteiger partial charge < -0.3 is 15.3 Å². The molecule has 1 amide bonds. The van der Waals surface area contributed by atoms with Crippen LogP contribution in [0.4, 0.5) is 0 Å². The van der Waals surface area contributed by atoms with Gasteiger partial charge in [0.25, 0.3) is 0 Å². The fourth-order valence-electron chi connectivity index (χ4n) is 2.97. The molecule has 1 aromatic rings. The Kier molecular flexibility index (Phi) is 7.06. The lowest BCUT2D eigenvalue weighted by Gasteiger charge is -2.17. The first kappa shape index (κ1) is 18.0. The number of aliphatic hydroxyl groups excluding tert-OH is 1. The number of hydrogen-bond donors (Lipinski definition) is 2. The molecular weight excluding hydrogens is 288 g/mol. The van der Waals surface area contributed by atoms with Crippen LogP contribution in [0.25, 0.3) is 0 Å². The SMILES string of the molecule is CC(C)C(O)CC(=O)NCC1CCN(CCc2ccccc2)C1. The van der Waals surface area contributed by atoms with E-state index in [1.165, 1.54) is 5.56 Å². The lowest BCUT2D eigenvalue weighted by molar-refractivity contribution is -0.123. The summed E-state index contributed by atoms with van der Waals surface area (Å²) in [5.74, 6) is 0.626. The number of nitrogens with zero attached hydrogens (tertiary/aromatic N) is 1. The van der Waals surface area contributed by atoms with Crippen LogP contribution >= 0.6 is 0 Å². The Morgan fingerprint density at radius 2 is 2.09 bits per heavy atom. The standard InChI is InChI=1S/C19H30N2O2/c1-15(2)18(22)12-19(23)20-13-17-9-11-21(14-17)10-8-16-6-4-3-5-7-16/h3-7,15,17-18,22H,8-14H2,1-2H3,(H,20,23). The van der Waals surface area contributed by atoms with Crippen molar-refractivity contribution < 1.29 is 9.90 Å². The summed E-state index contributed by atoms with van der Waals surface area (Å²) in [4.78, 5) is 14.3. The summed E-state index contributed by atoms with van der Waals surface area (Å²) in [6.07, 6.45) is 1.89. The second-order valence-electron chi connectivity index (χ2n) is 7.01. The van der Waals surface area contributed by atoms with Gasteiger partial charge in [-0.15, -0.1) is 0 Å². The summed E-state index contributed by atoms with van der Waals surface area (Å²) in [7, 11) is 0. The number of benzene rings is 1. The molecule has 4 heteroatoms. The summed E-state index contributed by atoms with van der Waals surface area (Å²) in [5, 5.41) is 12.7. The Hall–Kier alpha value is -1.39. The molecule has 2 N–H and O–H groups in total. The van der Waals surface area contributed by atoms with Crippen LogP contribution in [-0.4, -0.2) is 48.2 Å². The quantitative estimate of drug-likeness (QED) is 0.771. The normalized spacial score (nSPS) is 19.9. The molecule has 0 radical (unpaired) electrons. The van der Waals surface area contributed by atoms with Crippen molar-refractivity contribution in [2.24, 2.45) is 11.8 Å². The molecule has 23 heavy (non-hydrogen) atoms. The molecular formula is C19H30N2O2. The fraction of sp³-hybridized carbons (Fsp3) is 0.632. The van der Waals surface area contributed by atoms with E-state index in [2.05, 4.69) is 34.5 Å². The van der Waals surface area contributed by atoms with Gasteiger partial charge in [-0.25, -0.2) is 0 Å². The maximum atomic E-state index is 11.8. The van der Waals surface area contributed by atoms with Gasteiger partial charge in [-0.2, -0.15) is 0 Å². The molecule has 1 aliphatic rings. The summed E-state index contributed by atoms with van der Waals surface area (Å²) >= 11 is 0. The smallest absolute Gasteiger partial charge is 0.222 e. The van der Waals surface area contributed by atoms with Gasteiger partial charge in [0.1, 0.15) is 0 Å². The van der Waals surface area contributed by atoms with Crippen molar-refractivity contribution in [1.29, 1.82) is 0 Å². The average Bonchev–Trinajstić information content (AvgIpc) is 3.00. The van der Waals surface area contributed by atoms with E-state index in [9.17, 15) is 9.90 Å². The Morgan fingerprint density at radius 1 is 1.35 bits per heavy atom. The van der Waals surface area contributed by atoms with E-state index in [1.807, 2.05) is 19.9 Å². The molecule has 4 nitrogen and oxygen atoms in total. The molecule has 1 heterocycles. The van der Waals surface area contributed by atoms with E-state index < -0.39 is 6.10 Å². The highest BCUT2D eigenvalue weighted by Gasteiger charge is 2.23. The van der Waals surface area contributed by atoms with Gasteiger partial charge in [-0.3, -0.25) is 4.79 Å². The predicted molar refractivity (Wildman–Crippen MR) is 93.2 cm³/mol. The van der Waals surface area contributed by atoms with E-state index >= 15 is 0 Å². The van der Waals surface area contributed by atoms with Gasteiger partial charge in [0.2, 0.25) is 5.91 Å². The maximum Gasteiger partial charge on any atom is 0.222 e. The molecule has 0 aromatic heterocycles. The van der Waals surface area contributed by atoms with Crippen molar-refractivity contribution in [2.75, 3.05) is 26.2 Å². The fourth-order valence-corrected chi connectivity index (χ4v) is 2.97. The minimum atomic E-state index is -0.541. The monoisotopic (exact) mass is 318 g/mol. The third kappa shape index (κ3) is 6.32. The van der Waals surface area contributed by atoms with E-state index in [0.29, 0.717) is 5.92 Å². The van der Waals surface area contributed by atoms with Crippen LogP contribution in [0.3, 0.4) is 0 Å². The molecule has 2 unspecified atom stereocenters. The molecule has 0 bridgehead atoms. The second kappa shape index (κ2) is 9.04. The molecule has 0 aliphatic carbocycles. The topological polar surface area (TPSA) is 52.6 Å². The number of rotatable bonds is 8. The van der Waals surface area contributed by atoms with Crippen LogP contribution in [0.15, 0.2) is 30.3 Å². The lowest BCUT2D eigenvalue weighted by Crippen LogP contribution is -2.34.